The third-order valence-corrected chi connectivity index (χ3v) is 4.54. The van der Waals surface area contributed by atoms with Crippen molar-refractivity contribution in [2.24, 2.45) is 17.8 Å². The molecule has 118 valence electrons. The van der Waals surface area contributed by atoms with Crippen LogP contribution < -0.4 is 0 Å². The Kier molecular flexibility index (Phi) is 6.96. The molecule has 1 amide bonds. The molecule has 0 N–H and O–H groups in total. The van der Waals surface area contributed by atoms with Gasteiger partial charge in [0.25, 0.3) is 0 Å². The van der Waals surface area contributed by atoms with Crippen LogP contribution in [0.3, 0.4) is 0 Å². The lowest BCUT2D eigenvalue weighted by molar-refractivity contribution is -0.143. The largest absolute Gasteiger partial charge is 0.384 e. The van der Waals surface area contributed by atoms with Gasteiger partial charge in [-0.25, -0.2) is 0 Å². The summed E-state index contributed by atoms with van der Waals surface area (Å²) in [6, 6.07) is 0.355. The molecule has 1 saturated heterocycles. The summed E-state index contributed by atoms with van der Waals surface area (Å²) in [6.45, 7) is 9.91. The zero-order valence-electron chi connectivity index (χ0n) is 13.9. The fourth-order valence-electron chi connectivity index (χ4n) is 3.39. The van der Waals surface area contributed by atoms with E-state index in [1.54, 1.807) is 14.2 Å². The van der Waals surface area contributed by atoms with E-state index in [1.807, 2.05) is 6.92 Å². The summed E-state index contributed by atoms with van der Waals surface area (Å²) in [7, 11) is 3.41. The number of carbonyl (C=O) groups excluding carboxylic acids is 1. The second kappa shape index (κ2) is 7.99. The minimum Gasteiger partial charge on any atom is -0.384 e. The van der Waals surface area contributed by atoms with Crippen molar-refractivity contribution in [3.05, 3.63) is 0 Å². The molecule has 1 heterocycles. The van der Waals surface area contributed by atoms with Gasteiger partial charge in [-0.3, -0.25) is 4.79 Å². The molecular formula is C16H31NO3. The Hall–Kier alpha value is -0.610. The second-order valence-electron chi connectivity index (χ2n) is 6.32. The third kappa shape index (κ3) is 3.95. The fraction of sp³-hybridized carbons (Fsp3) is 0.938. The molecule has 1 fully saturated rings. The Bertz CT molecular complexity index is 306. The van der Waals surface area contributed by atoms with Gasteiger partial charge in [-0.1, -0.05) is 20.8 Å². The highest BCUT2D eigenvalue weighted by Gasteiger charge is 2.39. The summed E-state index contributed by atoms with van der Waals surface area (Å²) in [5, 5.41) is 0. The highest BCUT2D eigenvalue weighted by molar-refractivity contribution is 5.80. The maximum absolute atomic E-state index is 12.9. The van der Waals surface area contributed by atoms with Crippen LogP contribution in [0.4, 0.5) is 0 Å². The van der Waals surface area contributed by atoms with Gasteiger partial charge in [-0.2, -0.15) is 0 Å². The van der Waals surface area contributed by atoms with Crippen LogP contribution in [0.1, 0.15) is 40.5 Å². The van der Waals surface area contributed by atoms with Gasteiger partial charge < -0.3 is 14.4 Å². The minimum absolute atomic E-state index is 0.0403. The van der Waals surface area contributed by atoms with Crippen molar-refractivity contribution in [1.29, 1.82) is 0 Å². The van der Waals surface area contributed by atoms with Crippen LogP contribution in [0.2, 0.25) is 0 Å². The molecule has 20 heavy (non-hydrogen) atoms. The van der Waals surface area contributed by atoms with Crippen LogP contribution in [0.5, 0.6) is 0 Å². The van der Waals surface area contributed by atoms with Crippen molar-refractivity contribution in [2.75, 3.05) is 27.4 Å². The van der Waals surface area contributed by atoms with E-state index in [2.05, 4.69) is 25.7 Å². The quantitative estimate of drug-likeness (QED) is 0.721. The summed E-state index contributed by atoms with van der Waals surface area (Å²) in [4.78, 5) is 15.0. The number of rotatable bonds is 7. The van der Waals surface area contributed by atoms with Crippen LogP contribution in [0, 0.1) is 17.8 Å². The highest BCUT2D eigenvalue weighted by atomic mass is 16.5. The van der Waals surface area contributed by atoms with Crippen LogP contribution in [-0.4, -0.2) is 50.3 Å². The van der Waals surface area contributed by atoms with E-state index in [9.17, 15) is 4.79 Å². The van der Waals surface area contributed by atoms with Gasteiger partial charge in [0, 0.05) is 32.7 Å². The molecule has 0 aromatic rings. The Labute approximate surface area is 123 Å². The Morgan fingerprint density at radius 3 is 2.40 bits per heavy atom. The smallest absolute Gasteiger partial charge is 0.228 e. The minimum atomic E-state index is -0.0599. The Morgan fingerprint density at radius 1 is 1.30 bits per heavy atom. The van der Waals surface area contributed by atoms with Crippen molar-refractivity contribution >= 4 is 5.91 Å². The molecular weight excluding hydrogens is 254 g/mol. The fourth-order valence-corrected chi connectivity index (χ4v) is 3.39. The molecule has 0 saturated carbocycles. The van der Waals surface area contributed by atoms with Gasteiger partial charge in [-0.15, -0.1) is 0 Å². The van der Waals surface area contributed by atoms with Crippen molar-refractivity contribution in [3.63, 3.8) is 0 Å². The molecule has 0 bridgehead atoms. The van der Waals surface area contributed by atoms with E-state index in [0.717, 1.165) is 26.0 Å². The van der Waals surface area contributed by atoms with Crippen LogP contribution in [0.15, 0.2) is 0 Å². The van der Waals surface area contributed by atoms with Crippen LogP contribution in [-0.2, 0) is 14.3 Å². The number of ether oxygens (including phenoxy) is 2. The standard InChI is InChI=1S/C16H31NO3/c1-7-14-8-13(10-19-5)9-17(14)16(18)15(11(2)3)12(4)20-6/h11-15H,7-10H2,1-6H3/t12?,13?,14-,15+/m1/s1. The second-order valence-corrected chi connectivity index (χ2v) is 6.32. The highest BCUT2D eigenvalue weighted by Crippen LogP contribution is 2.30. The van der Waals surface area contributed by atoms with E-state index in [-0.39, 0.29) is 23.8 Å². The summed E-state index contributed by atoms with van der Waals surface area (Å²) >= 11 is 0. The first-order valence-corrected chi connectivity index (χ1v) is 7.78. The zero-order chi connectivity index (χ0) is 15.3. The summed E-state index contributed by atoms with van der Waals surface area (Å²) in [5.74, 6) is 0.950. The maximum atomic E-state index is 12.9. The number of hydrogen-bond donors (Lipinski definition) is 0. The lowest BCUT2D eigenvalue weighted by Gasteiger charge is -2.32. The van der Waals surface area contributed by atoms with Gasteiger partial charge in [0.1, 0.15) is 0 Å². The van der Waals surface area contributed by atoms with Crippen molar-refractivity contribution in [3.8, 4) is 0 Å². The van der Waals surface area contributed by atoms with Crippen molar-refractivity contribution < 1.29 is 14.3 Å². The van der Waals surface area contributed by atoms with Gasteiger partial charge in [0.05, 0.1) is 18.6 Å². The lowest BCUT2D eigenvalue weighted by Crippen LogP contribution is -2.45. The summed E-state index contributed by atoms with van der Waals surface area (Å²) in [6.07, 6.45) is 2.03. The third-order valence-electron chi connectivity index (χ3n) is 4.54. The molecule has 0 radical (unpaired) electrons. The predicted octanol–water partition coefficient (Wildman–Crippen LogP) is 2.57. The lowest BCUT2D eigenvalue weighted by atomic mass is 9.89. The topological polar surface area (TPSA) is 38.8 Å². The molecule has 4 atom stereocenters. The molecule has 1 aliphatic rings. The maximum Gasteiger partial charge on any atom is 0.228 e. The number of hydrogen-bond acceptors (Lipinski definition) is 3. The molecule has 2 unspecified atom stereocenters. The van der Waals surface area contributed by atoms with Gasteiger partial charge in [0.2, 0.25) is 5.91 Å². The SMILES string of the molecule is CC[C@@H]1CC(COC)CN1C(=O)[C@@H](C(C)C)C(C)OC. The van der Waals surface area contributed by atoms with E-state index in [0.29, 0.717) is 12.0 Å². The molecule has 4 heteroatoms. The summed E-state index contributed by atoms with van der Waals surface area (Å²) in [5.41, 5.74) is 0. The number of nitrogens with zero attached hydrogens (tertiary/aromatic N) is 1. The normalized spacial score (nSPS) is 26.1. The Balaban J connectivity index is 2.82. The monoisotopic (exact) mass is 285 g/mol. The number of amides is 1. The van der Waals surface area contributed by atoms with Crippen molar-refractivity contribution in [1.82, 2.24) is 4.90 Å². The van der Waals surface area contributed by atoms with E-state index in [4.69, 9.17) is 9.47 Å². The van der Waals surface area contributed by atoms with Crippen LogP contribution in [0.25, 0.3) is 0 Å². The molecule has 4 nitrogen and oxygen atoms in total. The first kappa shape index (κ1) is 17.4. The molecule has 1 aliphatic heterocycles. The van der Waals surface area contributed by atoms with Gasteiger partial charge in [0.15, 0.2) is 0 Å². The predicted molar refractivity (Wildman–Crippen MR) is 80.6 cm³/mol. The molecule has 1 rings (SSSR count). The van der Waals surface area contributed by atoms with Gasteiger partial charge in [-0.05, 0) is 25.7 Å². The molecule has 0 aromatic carbocycles. The van der Waals surface area contributed by atoms with Crippen LogP contribution >= 0.6 is 0 Å². The first-order chi connectivity index (χ1) is 9.46. The Morgan fingerprint density at radius 2 is 1.95 bits per heavy atom. The average Bonchev–Trinajstić information content (AvgIpc) is 2.81. The average molecular weight is 285 g/mol. The molecule has 0 aromatic heterocycles. The van der Waals surface area contributed by atoms with Crippen molar-refractivity contribution in [2.45, 2.75) is 52.7 Å². The van der Waals surface area contributed by atoms with E-state index >= 15 is 0 Å². The summed E-state index contributed by atoms with van der Waals surface area (Å²) < 4.78 is 10.7. The van der Waals surface area contributed by atoms with Gasteiger partial charge >= 0.3 is 0 Å². The molecule has 0 aliphatic carbocycles. The number of carbonyl (C=O) groups is 1. The van der Waals surface area contributed by atoms with E-state index in [1.165, 1.54) is 0 Å². The number of likely N-dealkylation sites (tertiary alicyclic amines) is 1. The van der Waals surface area contributed by atoms with E-state index < -0.39 is 0 Å². The molecule has 0 spiro atoms. The first-order valence-electron chi connectivity index (χ1n) is 7.78. The number of methoxy groups -OCH3 is 2. The zero-order valence-corrected chi connectivity index (χ0v) is 13.9.